The van der Waals surface area contributed by atoms with Gasteiger partial charge in [-0.2, -0.15) is 0 Å². The van der Waals surface area contributed by atoms with Gasteiger partial charge in [-0.05, 0) is 30.7 Å². The fourth-order valence-electron chi connectivity index (χ4n) is 1.35. The van der Waals surface area contributed by atoms with Crippen LogP contribution in [0.1, 0.15) is 12.5 Å². The number of aromatic hydroxyl groups is 1. The summed E-state index contributed by atoms with van der Waals surface area (Å²) in [6, 6.07) is 4.78. The van der Waals surface area contributed by atoms with Gasteiger partial charge >= 0.3 is 5.97 Å². The number of aliphatic carboxylic acids is 1. The number of nitrogens with one attached hydrogen (secondary N) is 1. The fraction of sp³-hybridized carbons (Fsp3) is 0.231. The Morgan fingerprint density at radius 1 is 1.26 bits per heavy atom. The number of aliphatic hydroxyl groups excluding tert-OH is 1. The second kappa shape index (κ2) is 6.55. The van der Waals surface area contributed by atoms with E-state index in [-0.39, 0.29) is 5.75 Å². The average molecular weight is 265 g/mol. The summed E-state index contributed by atoms with van der Waals surface area (Å²) in [6.45, 7) is 1.28. The van der Waals surface area contributed by atoms with E-state index in [1.165, 1.54) is 25.1 Å². The van der Waals surface area contributed by atoms with Gasteiger partial charge in [-0.1, -0.05) is 12.1 Å². The molecule has 4 N–H and O–H groups in total. The Kier molecular flexibility index (Phi) is 5.08. The molecule has 0 saturated heterocycles. The lowest BCUT2D eigenvalue weighted by atomic mass is 10.1. The van der Waals surface area contributed by atoms with Crippen molar-refractivity contribution in [3.05, 3.63) is 35.9 Å². The van der Waals surface area contributed by atoms with Gasteiger partial charge in [0, 0.05) is 6.08 Å². The zero-order chi connectivity index (χ0) is 14.4. The maximum absolute atomic E-state index is 11.5. The predicted molar refractivity (Wildman–Crippen MR) is 68.4 cm³/mol. The van der Waals surface area contributed by atoms with Crippen molar-refractivity contribution in [2.24, 2.45) is 0 Å². The monoisotopic (exact) mass is 265 g/mol. The Labute approximate surface area is 110 Å². The number of carbonyl (C=O) groups is 2. The van der Waals surface area contributed by atoms with Gasteiger partial charge in [0.15, 0.2) is 6.04 Å². The summed E-state index contributed by atoms with van der Waals surface area (Å²) < 4.78 is 0. The predicted octanol–water partition coefficient (Wildman–Crippen LogP) is 0.356. The highest BCUT2D eigenvalue weighted by Crippen LogP contribution is 2.10. The molecule has 6 heteroatoms. The number of hydrogen-bond donors (Lipinski definition) is 4. The lowest BCUT2D eigenvalue weighted by Gasteiger charge is -2.15. The third-order valence-corrected chi connectivity index (χ3v) is 2.37. The molecule has 0 spiro atoms. The minimum absolute atomic E-state index is 0.113. The minimum Gasteiger partial charge on any atom is -0.508 e. The second-order valence-corrected chi connectivity index (χ2v) is 3.99. The average Bonchev–Trinajstić information content (AvgIpc) is 2.34. The molecular formula is C13H15NO5. The van der Waals surface area contributed by atoms with E-state index in [4.69, 9.17) is 10.2 Å². The summed E-state index contributed by atoms with van der Waals surface area (Å²) in [5.74, 6) is -1.82. The topological polar surface area (TPSA) is 107 Å². The first kappa shape index (κ1) is 14.7. The molecule has 2 atom stereocenters. The van der Waals surface area contributed by atoms with Crippen LogP contribution in [-0.2, 0) is 9.59 Å². The first-order chi connectivity index (χ1) is 8.90. The maximum atomic E-state index is 11.5. The number of aliphatic hydroxyl groups is 1. The number of carboxylic acids is 1. The van der Waals surface area contributed by atoms with Crippen LogP contribution < -0.4 is 5.32 Å². The van der Waals surface area contributed by atoms with Crippen LogP contribution in [0.15, 0.2) is 30.3 Å². The van der Waals surface area contributed by atoms with Gasteiger partial charge in [0.1, 0.15) is 5.75 Å². The van der Waals surface area contributed by atoms with Crippen LogP contribution in [-0.4, -0.2) is 39.3 Å². The molecule has 0 bridgehead atoms. The summed E-state index contributed by atoms with van der Waals surface area (Å²) in [5.41, 5.74) is 0.678. The van der Waals surface area contributed by atoms with E-state index in [0.717, 1.165) is 6.08 Å². The third kappa shape index (κ3) is 4.81. The minimum atomic E-state index is -1.35. The molecule has 0 heterocycles. The number of phenols is 1. The van der Waals surface area contributed by atoms with Crippen molar-refractivity contribution in [2.75, 3.05) is 0 Å². The summed E-state index contributed by atoms with van der Waals surface area (Å²) in [7, 11) is 0. The van der Waals surface area contributed by atoms with Crippen LogP contribution in [0.25, 0.3) is 6.08 Å². The Hall–Kier alpha value is -2.34. The number of carbonyl (C=O) groups excluding carboxylic acids is 1. The third-order valence-electron chi connectivity index (χ3n) is 2.37. The largest absolute Gasteiger partial charge is 0.508 e. The second-order valence-electron chi connectivity index (χ2n) is 3.99. The lowest BCUT2D eigenvalue weighted by Crippen LogP contribution is -2.47. The van der Waals surface area contributed by atoms with Crippen molar-refractivity contribution in [2.45, 2.75) is 19.1 Å². The van der Waals surface area contributed by atoms with E-state index in [1.54, 1.807) is 12.1 Å². The Bertz CT molecular complexity index is 478. The molecule has 6 nitrogen and oxygen atoms in total. The first-order valence-corrected chi connectivity index (χ1v) is 5.58. The molecule has 0 unspecified atom stereocenters. The number of carboxylic acid groups (broad SMARTS) is 1. The Morgan fingerprint density at radius 3 is 2.32 bits per heavy atom. The summed E-state index contributed by atoms with van der Waals surface area (Å²) >= 11 is 0. The molecule has 0 aliphatic carbocycles. The molecule has 1 amide bonds. The molecule has 1 aromatic rings. The number of hydrogen-bond acceptors (Lipinski definition) is 4. The molecule has 102 valence electrons. The number of rotatable bonds is 5. The molecule has 0 aliphatic heterocycles. The summed E-state index contributed by atoms with van der Waals surface area (Å²) in [5, 5.41) is 29.2. The van der Waals surface area contributed by atoms with E-state index in [2.05, 4.69) is 5.32 Å². The lowest BCUT2D eigenvalue weighted by molar-refractivity contribution is -0.144. The van der Waals surface area contributed by atoms with Crippen molar-refractivity contribution < 1.29 is 24.9 Å². The van der Waals surface area contributed by atoms with Gasteiger partial charge in [-0.15, -0.1) is 0 Å². The highest BCUT2D eigenvalue weighted by Gasteiger charge is 2.23. The fourth-order valence-corrected chi connectivity index (χ4v) is 1.35. The van der Waals surface area contributed by atoms with Crippen molar-refractivity contribution in [3.63, 3.8) is 0 Å². The van der Waals surface area contributed by atoms with Crippen LogP contribution in [0, 0.1) is 0 Å². The van der Waals surface area contributed by atoms with E-state index in [0.29, 0.717) is 5.56 Å². The highest BCUT2D eigenvalue weighted by molar-refractivity contribution is 5.94. The van der Waals surface area contributed by atoms with E-state index in [1.807, 2.05) is 0 Å². The zero-order valence-electron chi connectivity index (χ0n) is 10.3. The van der Waals surface area contributed by atoms with Crippen LogP contribution in [0.3, 0.4) is 0 Å². The standard InChI is InChI=1S/C13H15NO5/c1-8(15)12(13(18)19)14-11(17)7-4-9-2-5-10(16)6-3-9/h2-8,12,15-16H,1H3,(H,14,17)(H,18,19)/b7-4+/t8-,12+/m1/s1. The van der Waals surface area contributed by atoms with Crippen molar-refractivity contribution in [3.8, 4) is 5.75 Å². The van der Waals surface area contributed by atoms with Crippen molar-refractivity contribution in [1.29, 1.82) is 0 Å². The molecule has 1 rings (SSSR count). The van der Waals surface area contributed by atoms with Crippen molar-refractivity contribution >= 4 is 18.0 Å². The van der Waals surface area contributed by atoms with Crippen LogP contribution >= 0.6 is 0 Å². The number of phenolic OH excluding ortho intramolecular Hbond substituents is 1. The number of benzene rings is 1. The highest BCUT2D eigenvalue weighted by atomic mass is 16.4. The molecule has 0 radical (unpaired) electrons. The zero-order valence-corrected chi connectivity index (χ0v) is 10.3. The van der Waals surface area contributed by atoms with Crippen LogP contribution in [0.5, 0.6) is 5.75 Å². The SMILES string of the molecule is C[C@@H](O)[C@H](NC(=O)/C=C/c1ccc(O)cc1)C(=O)O. The van der Waals surface area contributed by atoms with Gasteiger partial charge in [0.2, 0.25) is 5.91 Å². The number of amides is 1. The van der Waals surface area contributed by atoms with Crippen LogP contribution in [0.2, 0.25) is 0 Å². The molecular weight excluding hydrogens is 250 g/mol. The van der Waals surface area contributed by atoms with Gasteiger partial charge in [-0.25, -0.2) is 4.79 Å². The van der Waals surface area contributed by atoms with Gasteiger partial charge in [-0.3, -0.25) is 4.79 Å². The molecule has 1 aromatic carbocycles. The molecule has 0 aromatic heterocycles. The quantitative estimate of drug-likeness (QED) is 0.575. The Balaban J connectivity index is 2.64. The Morgan fingerprint density at radius 2 is 1.84 bits per heavy atom. The maximum Gasteiger partial charge on any atom is 0.328 e. The molecule has 19 heavy (non-hydrogen) atoms. The van der Waals surface area contributed by atoms with Gasteiger partial charge < -0.3 is 20.6 Å². The van der Waals surface area contributed by atoms with E-state index >= 15 is 0 Å². The summed E-state index contributed by atoms with van der Waals surface area (Å²) in [4.78, 5) is 22.2. The first-order valence-electron chi connectivity index (χ1n) is 5.58. The molecule has 0 aliphatic rings. The van der Waals surface area contributed by atoms with E-state index < -0.39 is 24.0 Å². The van der Waals surface area contributed by atoms with E-state index in [9.17, 15) is 14.7 Å². The smallest absolute Gasteiger partial charge is 0.328 e. The molecule has 0 saturated carbocycles. The normalized spacial score (nSPS) is 14.0. The van der Waals surface area contributed by atoms with Gasteiger partial charge in [0.05, 0.1) is 6.10 Å². The summed E-state index contributed by atoms with van der Waals surface area (Å²) in [6.07, 6.45) is 1.43. The van der Waals surface area contributed by atoms with Gasteiger partial charge in [0.25, 0.3) is 0 Å². The van der Waals surface area contributed by atoms with Crippen LogP contribution in [0.4, 0.5) is 0 Å². The van der Waals surface area contributed by atoms with Crippen molar-refractivity contribution in [1.82, 2.24) is 5.32 Å². The molecule has 0 fully saturated rings.